The van der Waals surface area contributed by atoms with Gasteiger partial charge >= 0.3 is 0 Å². The van der Waals surface area contributed by atoms with Gasteiger partial charge < -0.3 is 5.73 Å². The van der Waals surface area contributed by atoms with Gasteiger partial charge in [0.25, 0.3) is 0 Å². The molecule has 1 atom stereocenters. The van der Waals surface area contributed by atoms with Gasteiger partial charge in [-0.2, -0.15) is 11.8 Å². The third-order valence-corrected chi connectivity index (χ3v) is 4.95. The van der Waals surface area contributed by atoms with Gasteiger partial charge in [-0.05, 0) is 48.6 Å². The molecular formula is C11H21NS. The molecule has 2 fully saturated rings. The van der Waals surface area contributed by atoms with Crippen LogP contribution in [0.25, 0.3) is 0 Å². The van der Waals surface area contributed by atoms with E-state index in [0.29, 0.717) is 0 Å². The van der Waals surface area contributed by atoms with Crippen LogP contribution in [-0.2, 0) is 0 Å². The molecule has 2 rings (SSSR count). The molecule has 2 heteroatoms. The second kappa shape index (κ2) is 4.70. The average Bonchev–Trinajstić information content (AvgIpc) is 2.12. The molecule has 1 nitrogen and oxygen atoms in total. The van der Waals surface area contributed by atoms with Crippen molar-refractivity contribution < 1.29 is 0 Å². The molecule has 2 N–H and O–H groups in total. The van der Waals surface area contributed by atoms with Crippen molar-refractivity contribution in [2.45, 2.75) is 32.1 Å². The Hall–Kier alpha value is 0.310. The minimum atomic E-state index is 0.870. The van der Waals surface area contributed by atoms with Gasteiger partial charge in [0.1, 0.15) is 0 Å². The third-order valence-electron chi connectivity index (χ3n) is 3.90. The minimum absolute atomic E-state index is 0.870. The van der Waals surface area contributed by atoms with Crippen molar-refractivity contribution in [2.24, 2.45) is 23.5 Å². The van der Waals surface area contributed by atoms with Gasteiger partial charge in [-0.15, -0.1) is 0 Å². The molecule has 1 saturated carbocycles. The highest BCUT2D eigenvalue weighted by molar-refractivity contribution is 7.99. The van der Waals surface area contributed by atoms with E-state index in [0.717, 1.165) is 24.3 Å². The van der Waals surface area contributed by atoms with E-state index in [1.165, 1.54) is 43.6 Å². The van der Waals surface area contributed by atoms with E-state index in [2.05, 4.69) is 11.8 Å². The van der Waals surface area contributed by atoms with Crippen LogP contribution >= 0.6 is 11.8 Å². The van der Waals surface area contributed by atoms with Gasteiger partial charge in [0.2, 0.25) is 0 Å². The molecule has 1 aliphatic carbocycles. The summed E-state index contributed by atoms with van der Waals surface area (Å²) in [5, 5.41) is 0. The number of nitrogens with two attached hydrogens (primary N) is 1. The molecule has 13 heavy (non-hydrogen) atoms. The van der Waals surface area contributed by atoms with Crippen LogP contribution in [0.15, 0.2) is 0 Å². The number of hydrogen-bond acceptors (Lipinski definition) is 2. The normalized spacial score (nSPS) is 28.4. The molecule has 76 valence electrons. The molecule has 1 heterocycles. The van der Waals surface area contributed by atoms with Gasteiger partial charge in [-0.1, -0.05) is 19.3 Å². The lowest BCUT2D eigenvalue weighted by Crippen LogP contribution is -2.35. The highest BCUT2D eigenvalue weighted by Gasteiger charge is 2.32. The van der Waals surface area contributed by atoms with Crippen LogP contribution in [0.5, 0.6) is 0 Å². The minimum Gasteiger partial charge on any atom is -0.330 e. The fraction of sp³-hybridized carbons (Fsp3) is 1.00. The first-order valence-electron chi connectivity index (χ1n) is 5.69. The smallest absolute Gasteiger partial charge is 0.00436 e. The van der Waals surface area contributed by atoms with Crippen molar-refractivity contribution >= 4 is 11.8 Å². The van der Waals surface area contributed by atoms with Crippen molar-refractivity contribution in [3.63, 3.8) is 0 Å². The molecular weight excluding hydrogens is 178 g/mol. The fourth-order valence-corrected chi connectivity index (χ4v) is 3.92. The lowest BCUT2D eigenvalue weighted by atomic mass is 9.69. The molecule has 1 aliphatic heterocycles. The maximum Gasteiger partial charge on any atom is -0.00436 e. The summed E-state index contributed by atoms with van der Waals surface area (Å²) >= 11 is 2.12. The van der Waals surface area contributed by atoms with Crippen molar-refractivity contribution in [2.75, 3.05) is 18.1 Å². The molecule has 1 unspecified atom stereocenters. The Morgan fingerprint density at radius 3 is 2.15 bits per heavy atom. The topological polar surface area (TPSA) is 26.0 Å². The van der Waals surface area contributed by atoms with E-state index in [4.69, 9.17) is 5.73 Å². The molecule has 0 amide bonds. The lowest BCUT2D eigenvalue weighted by Gasteiger charge is -2.39. The van der Waals surface area contributed by atoms with Gasteiger partial charge in [-0.3, -0.25) is 0 Å². The zero-order chi connectivity index (χ0) is 9.10. The maximum absolute atomic E-state index is 5.91. The summed E-state index contributed by atoms with van der Waals surface area (Å²) < 4.78 is 0. The van der Waals surface area contributed by atoms with Crippen LogP contribution < -0.4 is 5.73 Å². The van der Waals surface area contributed by atoms with Crippen molar-refractivity contribution in [3.05, 3.63) is 0 Å². The van der Waals surface area contributed by atoms with Gasteiger partial charge in [-0.25, -0.2) is 0 Å². The first-order valence-corrected chi connectivity index (χ1v) is 6.85. The van der Waals surface area contributed by atoms with Crippen molar-refractivity contribution in [3.8, 4) is 0 Å². The molecule has 0 aromatic carbocycles. The summed E-state index contributed by atoms with van der Waals surface area (Å²) in [6.45, 7) is 0.944. The van der Waals surface area contributed by atoms with Crippen molar-refractivity contribution in [1.82, 2.24) is 0 Å². The van der Waals surface area contributed by atoms with E-state index >= 15 is 0 Å². The Labute approximate surface area is 85.8 Å². The highest BCUT2D eigenvalue weighted by Crippen LogP contribution is 2.41. The van der Waals surface area contributed by atoms with E-state index < -0.39 is 0 Å². The van der Waals surface area contributed by atoms with E-state index in [-0.39, 0.29) is 0 Å². The number of hydrogen-bond donors (Lipinski definition) is 1. The quantitative estimate of drug-likeness (QED) is 0.756. The van der Waals surface area contributed by atoms with Gasteiger partial charge in [0, 0.05) is 0 Å². The standard InChI is InChI=1S/C11H21NS/c12-8-11(9-2-1-3-9)10-4-6-13-7-5-10/h9-11H,1-8,12H2. The van der Waals surface area contributed by atoms with Crippen molar-refractivity contribution in [1.29, 1.82) is 0 Å². The molecule has 0 aromatic rings. The largest absolute Gasteiger partial charge is 0.330 e. The second-order valence-electron chi connectivity index (χ2n) is 4.54. The van der Waals surface area contributed by atoms with Crippen LogP contribution in [0.3, 0.4) is 0 Å². The first kappa shape index (κ1) is 9.85. The molecule has 0 aromatic heterocycles. The predicted molar refractivity (Wildman–Crippen MR) is 59.9 cm³/mol. The van der Waals surface area contributed by atoms with E-state index in [1.807, 2.05) is 0 Å². The fourth-order valence-electron chi connectivity index (χ4n) is 2.78. The Balaban J connectivity index is 1.86. The average molecular weight is 199 g/mol. The molecule has 2 aliphatic rings. The highest BCUT2D eigenvalue weighted by atomic mass is 32.2. The van der Waals surface area contributed by atoms with E-state index in [1.54, 1.807) is 0 Å². The summed E-state index contributed by atoms with van der Waals surface area (Å²) in [5.74, 6) is 5.60. The summed E-state index contributed by atoms with van der Waals surface area (Å²) in [6.07, 6.45) is 7.26. The molecule has 1 saturated heterocycles. The lowest BCUT2D eigenvalue weighted by molar-refractivity contribution is 0.143. The van der Waals surface area contributed by atoms with Crippen LogP contribution in [0.2, 0.25) is 0 Å². The maximum atomic E-state index is 5.91. The Kier molecular flexibility index (Phi) is 3.56. The Morgan fingerprint density at radius 1 is 1.08 bits per heavy atom. The zero-order valence-electron chi connectivity index (χ0n) is 8.37. The third kappa shape index (κ3) is 2.21. The first-order chi connectivity index (χ1) is 6.42. The summed E-state index contributed by atoms with van der Waals surface area (Å²) in [7, 11) is 0. The molecule has 0 spiro atoms. The van der Waals surface area contributed by atoms with Crippen LogP contribution in [-0.4, -0.2) is 18.1 Å². The Morgan fingerprint density at radius 2 is 1.69 bits per heavy atom. The van der Waals surface area contributed by atoms with E-state index in [9.17, 15) is 0 Å². The predicted octanol–water partition coefficient (Wildman–Crippen LogP) is 2.50. The SMILES string of the molecule is NCC(C1CCC1)C1CCSCC1. The molecule has 0 radical (unpaired) electrons. The summed E-state index contributed by atoms with van der Waals surface area (Å²) in [4.78, 5) is 0. The zero-order valence-corrected chi connectivity index (χ0v) is 9.19. The second-order valence-corrected chi connectivity index (χ2v) is 5.77. The van der Waals surface area contributed by atoms with Crippen LogP contribution in [0, 0.1) is 17.8 Å². The van der Waals surface area contributed by atoms with Crippen LogP contribution in [0.1, 0.15) is 32.1 Å². The monoisotopic (exact) mass is 199 g/mol. The number of rotatable bonds is 3. The number of thioether (sulfide) groups is 1. The molecule has 0 bridgehead atoms. The van der Waals surface area contributed by atoms with Gasteiger partial charge in [0.15, 0.2) is 0 Å². The summed E-state index contributed by atoms with van der Waals surface area (Å²) in [6, 6.07) is 0. The van der Waals surface area contributed by atoms with Crippen LogP contribution in [0.4, 0.5) is 0 Å². The Bertz CT molecular complexity index is 150. The van der Waals surface area contributed by atoms with Gasteiger partial charge in [0.05, 0.1) is 0 Å². The summed E-state index contributed by atoms with van der Waals surface area (Å²) in [5.41, 5.74) is 5.91.